The summed E-state index contributed by atoms with van der Waals surface area (Å²) in [5.74, 6) is 0.852. The van der Waals surface area contributed by atoms with Gasteiger partial charge in [0.15, 0.2) is 0 Å². The van der Waals surface area contributed by atoms with E-state index in [1.165, 1.54) is 0 Å². The molecule has 0 aromatic heterocycles. The lowest BCUT2D eigenvalue weighted by atomic mass is 10.2. The third-order valence-electron chi connectivity index (χ3n) is 2.05. The van der Waals surface area contributed by atoms with Crippen molar-refractivity contribution in [3.05, 3.63) is 29.8 Å². The molecule has 0 saturated heterocycles. The van der Waals surface area contributed by atoms with Crippen LogP contribution in [0, 0.1) is 0 Å². The van der Waals surface area contributed by atoms with Gasteiger partial charge in [0.05, 0.1) is 13.7 Å². The van der Waals surface area contributed by atoms with Crippen LogP contribution in [0.25, 0.3) is 0 Å². The van der Waals surface area contributed by atoms with E-state index in [0.717, 1.165) is 24.2 Å². The van der Waals surface area contributed by atoms with Crippen LogP contribution in [-0.4, -0.2) is 13.7 Å². The molecule has 15 heavy (non-hydrogen) atoms. The Morgan fingerprint density at radius 1 is 1.07 bits per heavy atom. The van der Waals surface area contributed by atoms with Crippen molar-refractivity contribution >= 4 is 0 Å². The van der Waals surface area contributed by atoms with Crippen LogP contribution in [0.15, 0.2) is 24.3 Å². The molecule has 3 heteroatoms. The van der Waals surface area contributed by atoms with Crippen LogP contribution in [-0.2, 0) is 16.4 Å². The highest BCUT2D eigenvalue weighted by atomic mass is 17.2. The molecule has 0 amide bonds. The Kier molecular flexibility index (Phi) is 5.81. The van der Waals surface area contributed by atoms with Crippen LogP contribution in [0.3, 0.4) is 0 Å². The summed E-state index contributed by atoms with van der Waals surface area (Å²) in [5.41, 5.74) is 1.08. The van der Waals surface area contributed by atoms with Crippen LogP contribution < -0.4 is 4.74 Å². The molecule has 0 unspecified atom stereocenters. The number of benzene rings is 1. The van der Waals surface area contributed by atoms with Crippen LogP contribution in [0.4, 0.5) is 0 Å². The highest BCUT2D eigenvalue weighted by Gasteiger charge is 1.95. The molecule has 0 saturated carbocycles. The molecule has 1 aromatic carbocycles. The zero-order valence-electron chi connectivity index (χ0n) is 9.36. The van der Waals surface area contributed by atoms with Gasteiger partial charge in [0.25, 0.3) is 0 Å². The minimum atomic E-state index is 0.480. The second kappa shape index (κ2) is 7.26. The first-order chi connectivity index (χ1) is 7.36. The third-order valence-corrected chi connectivity index (χ3v) is 2.05. The van der Waals surface area contributed by atoms with Gasteiger partial charge in [-0.2, -0.15) is 0 Å². The van der Waals surface area contributed by atoms with Gasteiger partial charge in [-0.15, -0.1) is 0 Å². The van der Waals surface area contributed by atoms with Crippen molar-refractivity contribution in [2.75, 3.05) is 13.7 Å². The molecule has 0 spiro atoms. The fourth-order valence-electron chi connectivity index (χ4n) is 1.09. The van der Waals surface area contributed by atoms with Gasteiger partial charge in [-0.1, -0.05) is 25.5 Å². The Morgan fingerprint density at radius 3 is 2.40 bits per heavy atom. The summed E-state index contributed by atoms with van der Waals surface area (Å²) in [6.45, 7) is 3.26. The maximum absolute atomic E-state index is 5.05. The Balaban J connectivity index is 2.20. The van der Waals surface area contributed by atoms with Crippen molar-refractivity contribution in [2.24, 2.45) is 0 Å². The lowest BCUT2D eigenvalue weighted by Gasteiger charge is -2.04. The lowest BCUT2D eigenvalue weighted by molar-refractivity contribution is -0.304. The van der Waals surface area contributed by atoms with Crippen LogP contribution in [0.1, 0.15) is 25.3 Å². The largest absolute Gasteiger partial charge is 0.497 e. The minimum Gasteiger partial charge on any atom is -0.497 e. The average molecular weight is 210 g/mol. The standard InChI is InChI=1S/C12H18O3/c1-3-4-9-14-15-10-11-5-7-12(13-2)8-6-11/h5-8H,3-4,9-10H2,1-2H3. The molecule has 1 aromatic rings. The molecule has 3 nitrogen and oxygen atoms in total. The van der Waals surface area contributed by atoms with Crippen molar-refractivity contribution in [1.82, 2.24) is 0 Å². The van der Waals surface area contributed by atoms with Crippen LogP contribution in [0.5, 0.6) is 5.75 Å². The molecule has 84 valence electrons. The predicted octanol–water partition coefficient (Wildman–Crippen LogP) is 2.94. The summed E-state index contributed by atoms with van der Waals surface area (Å²) in [7, 11) is 1.65. The molecular formula is C12H18O3. The zero-order chi connectivity index (χ0) is 10.9. The topological polar surface area (TPSA) is 27.7 Å². The van der Waals surface area contributed by atoms with Crippen molar-refractivity contribution in [3.8, 4) is 5.75 Å². The van der Waals surface area contributed by atoms with E-state index in [2.05, 4.69) is 6.92 Å². The molecule has 0 radical (unpaired) electrons. The van der Waals surface area contributed by atoms with Gasteiger partial charge in [-0.25, -0.2) is 9.78 Å². The summed E-state index contributed by atoms with van der Waals surface area (Å²) in [4.78, 5) is 10.1. The Hall–Kier alpha value is -1.06. The molecule has 1 rings (SSSR count). The van der Waals surface area contributed by atoms with Gasteiger partial charge >= 0.3 is 0 Å². The average Bonchev–Trinajstić information content (AvgIpc) is 2.30. The van der Waals surface area contributed by atoms with Crippen molar-refractivity contribution in [2.45, 2.75) is 26.4 Å². The predicted molar refractivity (Wildman–Crippen MR) is 58.6 cm³/mol. The second-order valence-electron chi connectivity index (χ2n) is 3.29. The second-order valence-corrected chi connectivity index (χ2v) is 3.29. The van der Waals surface area contributed by atoms with Crippen molar-refractivity contribution < 1.29 is 14.5 Å². The normalized spacial score (nSPS) is 10.3. The van der Waals surface area contributed by atoms with E-state index in [-0.39, 0.29) is 0 Å². The third kappa shape index (κ3) is 4.81. The summed E-state index contributed by atoms with van der Waals surface area (Å²) < 4.78 is 5.05. The smallest absolute Gasteiger partial charge is 0.118 e. The number of rotatable bonds is 7. The van der Waals surface area contributed by atoms with Gasteiger partial charge in [0.2, 0.25) is 0 Å². The molecule has 0 aliphatic carbocycles. The van der Waals surface area contributed by atoms with E-state index in [4.69, 9.17) is 14.5 Å². The first-order valence-electron chi connectivity index (χ1n) is 5.24. The zero-order valence-corrected chi connectivity index (χ0v) is 9.36. The number of ether oxygens (including phenoxy) is 1. The van der Waals surface area contributed by atoms with E-state index >= 15 is 0 Å². The number of hydrogen-bond acceptors (Lipinski definition) is 3. The monoisotopic (exact) mass is 210 g/mol. The quantitative estimate of drug-likeness (QED) is 0.393. The summed E-state index contributed by atoms with van der Waals surface area (Å²) in [5, 5.41) is 0. The van der Waals surface area contributed by atoms with Gasteiger partial charge in [-0.05, 0) is 24.1 Å². The Labute approximate surface area is 90.9 Å². The van der Waals surface area contributed by atoms with Gasteiger partial charge < -0.3 is 4.74 Å². The van der Waals surface area contributed by atoms with E-state index in [9.17, 15) is 0 Å². The molecule has 0 heterocycles. The molecule has 0 fully saturated rings. The van der Waals surface area contributed by atoms with Gasteiger partial charge in [-0.3, -0.25) is 0 Å². The van der Waals surface area contributed by atoms with E-state index in [0.29, 0.717) is 13.2 Å². The molecule has 0 bridgehead atoms. The van der Waals surface area contributed by atoms with E-state index in [1.54, 1.807) is 7.11 Å². The van der Waals surface area contributed by atoms with Crippen molar-refractivity contribution in [3.63, 3.8) is 0 Å². The number of methoxy groups -OCH3 is 1. The molecule has 0 aliphatic rings. The Bertz CT molecular complexity index is 256. The fourth-order valence-corrected chi connectivity index (χ4v) is 1.09. The number of hydrogen-bond donors (Lipinski definition) is 0. The number of unbranched alkanes of at least 4 members (excludes halogenated alkanes) is 1. The summed E-state index contributed by atoms with van der Waals surface area (Å²) in [6.07, 6.45) is 2.15. The highest BCUT2D eigenvalue weighted by Crippen LogP contribution is 2.11. The summed E-state index contributed by atoms with van der Waals surface area (Å²) >= 11 is 0. The van der Waals surface area contributed by atoms with E-state index < -0.39 is 0 Å². The molecular weight excluding hydrogens is 192 g/mol. The fraction of sp³-hybridized carbons (Fsp3) is 0.500. The molecule has 0 N–H and O–H groups in total. The molecule has 0 atom stereocenters. The first-order valence-corrected chi connectivity index (χ1v) is 5.24. The first kappa shape index (κ1) is 12.0. The SMILES string of the molecule is CCCCOOCc1ccc(OC)cc1. The van der Waals surface area contributed by atoms with Gasteiger partial charge in [0, 0.05) is 0 Å². The minimum absolute atomic E-state index is 0.480. The van der Waals surface area contributed by atoms with Crippen LogP contribution >= 0.6 is 0 Å². The maximum atomic E-state index is 5.05. The van der Waals surface area contributed by atoms with E-state index in [1.807, 2.05) is 24.3 Å². The van der Waals surface area contributed by atoms with Crippen molar-refractivity contribution in [1.29, 1.82) is 0 Å². The van der Waals surface area contributed by atoms with Gasteiger partial charge in [0.1, 0.15) is 12.4 Å². The summed E-state index contributed by atoms with van der Waals surface area (Å²) in [6, 6.07) is 7.74. The maximum Gasteiger partial charge on any atom is 0.118 e. The lowest BCUT2D eigenvalue weighted by Crippen LogP contribution is -1.97. The Morgan fingerprint density at radius 2 is 1.80 bits per heavy atom. The molecule has 0 aliphatic heterocycles. The van der Waals surface area contributed by atoms with Crippen LogP contribution in [0.2, 0.25) is 0 Å². The highest BCUT2D eigenvalue weighted by molar-refractivity contribution is 5.26.